The summed E-state index contributed by atoms with van der Waals surface area (Å²) >= 11 is 0. The Morgan fingerprint density at radius 3 is 2.07 bits per heavy atom. The molecule has 2 atom stereocenters. The highest BCUT2D eigenvalue weighted by Gasteiger charge is 2.51. The van der Waals surface area contributed by atoms with E-state index in [-0.39, 0.29) is 17.3 Å². The van der Waals surface area contributed by atoms with Gasteiger partial charge < -0.3 is 10.0 Å². The van der Waals surface area contributed by atoms with Crippen LogP contribution >= 0.6 is 0 Å². The highest BCUT2D eigenvalue weighted by atomic mass is 32.2. The second-order valence-corrected chi connectivity index (χ2v) is 9.37. The van der Waals surface area contributed by atoms with Gasteiger partial charge in [-0.3, -0.25) is 0 Å². The molecule has 0 bridgehead atoms. The molecule has 3 rings (SSSR count). The van der Waals surface area contributed by atoms with Crippen LogP contribution in [0.4, 0.5) is 23.2 Å². The number of aliphatic hydroxyl groups is 1. The molecule has 0 amide bonds. The first kappa shape index (κ1) is 22.5. The number of hydrogen-bond donors (Lipinski definition) is 1. The quantitative estimate of drug-likeness (QED) is 0.731. The molecule has 30 heavy (non-hydrogen) atoms. The van der Waals surface area contributed by atoms with Crippen molar-refractivity contribution in [1.82, 2.24) is 4.31 Å². The first-order valence-electron chi connectivity index (χ1n) is 9.26. The van der Waals surface area contributed by atoms with E-state index in [1.807, 2.05) is 4.90 Å². The van der Waals surface area contributed by atoms with Crippen molar-refractivity contribution in [1.29, 1.82) is 0 Å². The van der Waals surface area contributed by atoms with E-state index >= 15 is 0 Å². The Morgan fingerprint density at radius 2 is 1.57 bits per heavy atom. The standard InChI is InChI=1S/C20H22F4N2O3S/c1-14-13-25(17-7-5-16(21)6-8-17)11-12-26(14)30(28,29)18-9-3-15(4-10-18)19(2,27)20(22,23)24/h3-10,14,27H,11-13H2,1-2H3/t14?,19-/m0/s1. The monoisotopic (exact) mass is 446 g/mol. The van der Waals surface area contributed by atoms with Gasteiger partial charge in [-0.25, -0.2) is 12.8 Å². The molecule has 1 unspecified atom stereocenters. The molecule has 1 fully saturated rings. The van der Waals surface area contributed by atoms with E-state index in [4.69, 9.17) is 0 Å². The molecule has 2 aromatic rings. The Morgan fingerprint density at radius 1 is 1.00 bits per heavy atom. The lowest BCUT2D eigenvalue weighted by Crippen LogP contribution is -2.54. The lowest BCUT2D eigenvalue weighted by molar-refractivity contribution is -0.258. The number of nitrogens with zero attached hydrogens (tertiary/aromatic N) is 2. The van der Waals surface area contributed by atoms with Crippen LogP contribution in [0.2, 0.25) is 0 Å². The van der Waals surface area contributed by atoms with E-state index < -0.39 is 33.4 Å². The minimum atomic E-state index is -4.89. The van der Waals surface area contributed by atoms with E-state index in [0.717, 1.165) is 30.0 Å². The number of hydrogen-bond acceptors (Lipinski definition) is 4. The van der Waals surface area contributed by atoms with Gasteiger partial charge in [-0.2, -0.15) is 17.5 Å². The Kier molecular flexibility index (Phi) is 5.87. The van der Waals surface area contributed by atoms with Crippen molar-refractivity contribution in [3.63, 3.8) is 0 Å². The first-order chi connectivity index (χ1) is 13.8. The minimum absolute atomic E-state index is 0.147. The number of halogens is 4. The molecule has 0 radical (unpaired) electrons. The van der Waals surface area contributed by atoms with Crippen molar-refractivity contribution in [3.05, 3.63) is 59.9 Å². The zero-order valence-corrected chi connectivity index (χ0v) is 17.2. The maximum Gasteiger partial charge on any atom is 0.421 e. The van der Waals surface area contributed by atoms with Crippen LogP contribution in [0.3, 0.4) is 0 Å². The van der Waals surface area contributed by atoms with Gasteiger partial charge in [0.25, 0.3) is 0 Å². The number of benzene rings is 2. The molecule has 0 spiro atoms. The molecule has 2 aromatic carbocycles. The molecule has 0 aliphatic carbocycles. The fourth-order valence-electron chi connectivity index (χ4n) is 3.43. The van der Waals surface area contributed by atoms with Gasteiger partial charge in [-0.1, -0.05) is 12.1 Å². The highest BCUT2D eigenvalue weighted by molar-refractivity contribution is 7.89. The Bertz CT molecular complexity index is 990. The molecule has 1 aliphatic rings. The van der Waals surface area contributed by atoms with Gasteiger partial charge >= 0.3 is 6.18 Å². The van der Waals surface area contributed by atoms with Crippen LogP contribution in [0.25, 0.3) is 0 Å². The van der Waals surface area contributed by atoms with Crippen LogP contribution < -0.4 is 4.90 Å². The normalized spacial score (nSPS) is 20.8. The Balaban J connectivity index is 1.78. The van der Waals surface area contributed by atoms with Crippen molar-refractivity contribution in [2.24, 2.45) is 0 Å². The lowest BCUT2D eigenvalue weighted by Gasteiger charge is -2.40. The van der Waals surface area contributed by atoms with Gasteiger partial charge in [0.2, 0.25) is 10.0 Å². The van der Waals surface area contributed by atoms with Gasteiger partial charge in [-0.15, -0.1) is 0 Å². The third-order valence-electron chi connectivity index (χ3n) is 5.33. The van der Waals surface area contributed by atoms with Crippen molar-refractivity contribution in [3.8, 4) is 0 Å². The lowest BCUT2D eigenvalue weighted by atomic mass is 9.96. The smallest absolute Gasteiger partial charge is 0.376 e. The summed E-state index contributed by atoms with van der Waals surface area (Å²) in [4.78, 5) is 1.80. The van der Waals surface area contributed by atoms with Gasteiger partial charge in [0, 0.05) is 31.4 Å². The summed E-state index contributed by atoms with van der Waals surface area (Å²) in [6.45, 7) is 3.29. The van der Waals surface area contributed by atoms with E-state index in [9.17, 15) is 31.1 Å². The third kappa shape index (κ3) is 4.17. The summed E-state index contributed by atoms with van der Waals surface area (Å²) in [6.07, 6.45) is -4.89. The molecule has 0 saturated carbocycles. The van der Waals surface area contributed by atoms with Crippen molar-refractivity contribution in [2.45, 2.75) is 36.6 Å². The van der Waals surface area contributed by atoms with E-state index in [1.54, 1.807) is 19.1 Å². The van der Waals surface area contributed by atoms with Gasteiger partial charge in [0.15, 0.2) is 5.60 Å². The summed E-state index contributed by atoms with van der Waals surface area (Å²) in [5.41, 5.74) is -2.74. The molecule has 164 valence electrons. The molecule has 1 saturated heterocycles. The van der Waals surface area contributed by atoms with Crippen LogP contribution in [-0.2, 0) is 15.6 Å². The topological polar surface area (TPSA) is 60.9 Å². The molecule has 10 heteroatoms. The maximum atomic E-state index is 13.1. The molecular weight excluding hydrogens is 424 g/mol. The predicted octanol–water partition coefficient (Wildman–Crippen LogP) is 3.49. The number of alkyl halides is 3. The third-order valence-corrected chi connectivity index (χ3v) is 7.36. The van der Waals surface area contributed by atoms with Gasteiger partial charge in [0.05, 0.1) is 4.90 Å². The maximum absolute atomic E-state index is 13.1. The predicted molar refractivity (Wildman–Crippen MR) is 104 cm³/mol. The molecule has 1 aliphatic heterocycles. The number of rotatable bonds is 4. The van der Waals surface area contributed by atoms with Crippen molar-refractivity contribution in [2.75, 3.05) is 24.5 Å². The SMILES string of the molecule is CC1CN(c2ccc(F)cc2)CCN1S(=O)(=O)c1ccc([C@](C)(O)C(F)(F)F)cc1. The second-order valence-electron chi connectivity index (χ2n) is 7.48. The van der Waals surface area contributed by atoms with Crippen LogP contribution in [0.1, 0.15) is 19.4 Å². The summed E-state index contributed by atoms with van der Waals surface area (Å²) in [5.74, 6) is -0.360. The van der Waals surface area contributed by atoms with Crippen LogP contribution in [0, 0.1) is 5.82 Å². The zero-order valence-electron chi connectivity index (χ0n) is 16.4. The average Bonchev–Trinajstić information content (AvgIpc) is 2.67. The Hall–Kier alpha value is -2.17. The number of sulfonamides is 1. The summed E-state index contributed by atoms with van der Waals surface area (Å²) in [6, 6.07) is 9.59. The second kappa shape index (κ2) is 7.82. The summed E-state index contributed by atoms with van der Waals surface area (Å²) < 4.78 is 79.4. The highest BCUT2D eigenvalue weighted by Crippen LogP contribution is 2.38. The van der Waals surface area contributed by atoms with E-state index in [2.05, 4.69) is 0 Å². The molecular formula is C20H22F4N2O3S. The van der Waals surface area contributed by atoms with Crippen molar-refractivity contribution < 1.29 is 31.1 Å². The average molecular weight is 446 g/mol. The summed E-state index contributed by atoms with van der Waals surface area (Å²) in [5, 5.41) is 9.75. The van der Waals surface area contributed by atoms with Crippen LogP contribution in [0.15, 0.2) is 53.4 Å². The summed E-state index contributed by atoms with van der Waals surface area (Å²) in [7, 11) is -3.94. The molecule has 5 nitrogen and oxygen atoms in total. The van der Waals surface area contributed by atoms with Gasteiger partial charge in [-0.05, 0) is 55.8 Å². The molecule has 0 aromatic heterocycles. The fraction of sp³-hybridized carbons (Fsp3) is 0.400. The van der Waals surface area contributed by atoms with E-state index in [0.29, 0.717) is 20.0 Å². The minimum Gasteiger partial charge on any atom is -0.376 e. The van der Waals surface area contributed by atoms with Crippen LogP contribution in [-0.4, -0.2) is 49.7 Å². The van der Waals surface area contributed by atoms with Crippen LogP contribution in [0.5, 0.6) is 0 Å². The Labute approximate surface area is 172 Å². The van der Waals surface area contributed by atoms with Crippen molar-refractivity contribution >= 4 is 15.7 Å². The molecule has 1 N–H and O–H groups in total. The zero-order chi connectivity index (χ0) is 22.3. The van der Waals surface area contributed by atoms with Gasteiger partial charge in [0.1, 0.15) is 5.82 Å². The largest absolute Gasteiger partial charge is 0.421 e. The number of anilines is 1. The van der Waals surface area contributed by atoms with E-state index in [1.165, 1.54) is 16.4 Å². The molecule has 1 heterocycles. The fourth-order valence-corrected chi connectivity index (χ4v) is 5.05. The first-order valence-corrected chi connectivity index (χ1v) is 10.7. The number of piperazine rings is 1.